The third-order valence-electron chi connectivity index (χ3n) is 3.54. The van der Waals surface area contributed by atoms with E-state index in [9.17, 15) is 5.11 Å². The normalized spacial score (nSPS) is 29.2. The van der Waals surface area contributed by atoms with E-state index in [1.807, 2.05) is 13.0 Å². The van der Waals surface area contributed by atoms with Crippen molar-refractivity contribution in [2.45, 2.75) is 44.8 Å². The molecule has 1 aliphatic rings. The van der Waals surface area contributed by atoms with E-state index in [0.717, 1.165) is 17.5 Å². The molecule has 94 valence electrons. The minimum Gasteiger partial charge on any atom is -0.385 e. The molecule has 0 bridgehead atoms. The molecule has 4 nitrogen and oxygen atoms in total. The second-order valence-corrected chi connectivity index (χ2v) is 4.77. The van der Waals surface area contributed by atoms with Crippen molar-refractivity contribution in [2.75, 3.05) is 12.3 Å². The lowest BCUT2D eigenvalue weighted by Gasteiger charge is -2.38. The van der Waals surface area contributed by atoms with Crippen molar-refractivity contribution >= 4 is 5.82 Å². The molecule has 0 spiro atoms. The van der Waals surface area contributed by atoms with E-state index in [2.05, 4.69) is 11.9 Å². The van der Waals surface area contributed by atoms with Crippen LogP contribution < -0.4 is 5.73 Å². The summed E-state index contributed by atoms with van der Waals surface area (Å²) in [6.45, 7) is 4.60. The molecule has 3 N–H and O–H groups in total. The van der Waals surface area contributed by atoms with Gasteiger partial charge in [0.1, 0.15) is 5.82 Å². The number of hydrogen-bond acceptors (Lipinski definition) is 4. The number of aryl methyl sites for hydroxylation is 1. The molecule has 0 aliphatic carbocycles. The van der Waals surface area contributed by atoms with Gasteiger partial charge in [-0.25, -0.2) is 4.98 Å². The number of aliphatic hydroxyl groups is 1. The van der Waals surface area contributed by atoms with Gasteiger partial charge in [-0.05, 0) is 25.0 Å². The first-order chi connectivity index (χ1) is 8.07. The van der Waals surface area contributed by atoms with E-state index >= 15 is 0 Å². The van der Waals surface area contributed by atoms with Crippen LogP contribution in [0.2, 0.25) is 0 Å². The van der Waals surface area contributed by atoms with Gasteiger partial charge in [-0.2, -0.15) is 0 Å². The molecule has 2 rings (SSSR count). The van der Waals surface area contributed by atoms with Crippen LogP contribution in [0.1, 0.15) is 37.3 Å². The zero-order chi connectivity index (χ0) is 12.5. The van der Waals surface area contributed by atoms with Crippen molar-refractivity contribution < 1.29 is 9.84 Å². The quantitative estimate of drug-likeness (QED) is 0.820. The molecular formula is C13H20N2O2. The molecule has 2 unspecified atom stereocenters. The van der Waals surface area contributed by atoms with Gasteiger partial charge in [-0.15, -0.1) is 0 Å². The van der Waals surface area contributed by atoms with E-state index in [1.165, 1.54) is 0 Å². The van der Waals surface area contributed by atoms with Crippen molar-refractivity contribution in [1.82, 2.24) is 4.98 Å². The lowest BCUT2D eigenvalue weighted by Crippen LogP contribution is -2.39. The van der Waals surface area contributed by atoms with E-state index in [-0.39, 0.29) is 6.10 Å². The smallest absolute Gasteiger partial charge is 0.129 e. The first-order valence-corrected chi connectivity index (χ1v) is 6.12. The van der Waals surface area contributed by atoms with E-state index in [0.29, 0.717) is 25.3 Å². The van der Waals surface area contributed by atoms with Crippen LogP contribution in [0.25, 0.3) is 0 Å². The summed E-state index contributed by atoms with van der Waals surface area (Å²) in [7, 11) is 0. The fourth-order valence-electron chi connectivity index (χ4n) is 2.61. The molecule has 0 saturated carbocycles. The molecule has 1 aromatic rings. The molecule has 0 radical (unpaired) electrons. The van der Waals surface area contributed by atoms with Gasteiger partial charge in [0.15, 0.2) is 0 Å². The first kappa shape index (κ1) is 12.3. The number of nitrogen functional groups attached to an aromatic ring is 1. The molecule has 1 fully saturated rings. The molecule has 4 heteroatoms. The van der Waals surface area contributed by atoms with Gasteiger partial charge in [0.2, 0.25) is 0 Å². The summed E-state index contributed by atoms with van der Waals surface area (Å²) in [5.74, 6) is 0.434. The van der Waals surface area contributed by atoms with Crippen molar-refractivity contribution in [3.8, 4) is 0 Å². The van der Waals surface area contributed by atoms with Crippen LogP contribution >= 0.6 is 0 Å². The maximum atomic E-state index is 10.8. The highest BCUT2D eigenvalue weighted by Crippen LogP contribution is 2.39. The summed E-state index contributed by atoms with van der Waals surface area (Å²) in [6, 6.07) is 1.89. The summed E-state index contributed by atoms with van der Waals surface area (Å²) in [4.78, 5) is 4.09. The number of hydrogen-bond donors (Lipinski definition) is 2. The molecule has 0 amide bonds. The van der Waals surface area contributed by atoms with Crippen molar-refractivity contribution in [3.05, 3.63) is 23.4 Å². The highest BCUT2D eigenvalue weighted by atomic mass is 16.5. The summed E-state index contributed by atoms with van der Waals surface area (Å²) in [5.41, 5.74) is 6.80. The van der Waals surface area contributed by atoms with Gasteiger partial charge < -0.3 is 15.6 Å². The van der Waals surface area contributed by atoms with Gasteiger partial charge >= 0.3 is 0 Å². The summed E-state index contributed by atoms with van der Waals surface area (Å²) >= 11 is 0. The molecule has 1 aromatic heterocycles. The predicted molar refractivity (Wildman–Crippen MR) is 66.5 cm³/mol. The summed E-state index contributed by atoms with van der Waals surface area (Å²) in [6.07, 6.45) is 3.86. The Morgan fingerprint density at radius 2 is 2.41 bits per heavy atom. The fraction of sp³-hybridized carbons (Fsp3) is 0.615. The number of nitrogens with two attached hydrogens (primary N) is 1. The SMILES string of the molecule is CCC1CC(O)(c2c(C)ccnc2N)CCO1. The van der Waals surface area contributed by atoms with Gasteiger partial charge in [0.05, 0.1) is 18.3 Å². The highest BCUT2D eigenvalue weighted by molar-refractivity contribution is 5.48. The van der Waals surface area contributed by atoms with E-state index < -0.39 is 5.60 Å². The molecule has 17 heavy (non-hydrogen) atoms. The van der Waals surface area contributed by atoms with Gasteiger partial charge in [-0.3, -0.25) is 0 Å². The minimum absolute atomic E-state index is 0.104. The van der Waals surface area contributed by atoms with Crippen LogP contribution in [0.15, 0.2) is 12.3 Å². The summed E-state index contributed by atoms with van der Waals surface area (Å²) < 4.78 is 5.60. The topological polar surface area (TPSA) is 68.4 Å². The third-order valence-corrected chi connectivity index (χ3v) is 3.54. The van der Waals surface area contributed by atoms with E-state index in [1.54, 1.807) is 6.20 Å². The standard InChI is InChI=1S/C13H20N2O2/c1-3-10-8-13(16,5-7-17-10)11-9(2)4-6-15-12(11)14/h4,6,10,16H,3,5,7-8H2,1-2H3,(H2,14,15). The van der Waals surface area contributed by atoms with Crippen LogP contribution in [-0.4, -0.2) is 22.8 Å². The van der Waals surface area contributed by atoms with Crippen LogP contribution in [0.5, 0.6) is 0 Å². The largest absolute Gasteiger partial charge is 0.385 e. The molecular weight excluding hydrogens is 216 g/mol. The van der Waals surface area contributed by atoms with Crippen molar-refractivity contribution in [3.63, 3.8) is 0 Å². The molecule has 2 heterocycles. The molecule has 1 saturated heterocycles. The zero-order valence-corrected chi connectivity index (χ0v) is 10.4. The minimum atomic E-state index is -0.888. The average molecular weight is 236 g/mol. The number of anilines is 1. The van der Waals surface area contributed by atoms with Gasteiger partial charge in [-0.1, -0.05) is 6.92 Å². The average Bonchev–Trinajstić information content (AvgIpc) is 2.28. The fourth-order valence-corrected chi connectivity index (χ4v) is 2.61. The molecule has 2 atom stereocenters. The van der Waals surface area contributed by atoms with Crippen LogP contribution in [0.3, 0.4) is 0 Å². The van der Waals surface area contributed by atoms with Crippen LogP contribution in [0, 0.1) is 6.92 Å². The Morgan fingerprint density at radius 3 is 3.06 bits per heavy atom. The van der Waals surface area contributed by atoms with Gasteiger partial charge in [0.25, 0.3) is 0 Å². The predicted octanol–water partition coefficient (Wildman–Crippen LogP) is 1.75. The number of pyridine rings is 1. The third kappa shape index (κ3) is 2.28. The molecule has 0 aromatic carbocycles. The Hall–Kier alpha value is -1.13. The second-order valence-electron chi connectivity index (χ2n) is 4.77. The van der Waals surface area contributed by atoms with Crippen molar-refractivity contribution in [1.29, 1.82) is 0 Å². The van der Waals surface area contributed by atoms with Crippen molar-refractivity contribution in [2.24, 2.45) is 0 Å². The first-order valence-electron chi connectivity index (χ1n) is 6.12. The molecule has 1 aliphatic heterocycles. The Morgan fingerprint density at radius 1 is 1.65 bits per heavy atom. The van der Waals surface area contributed by atoms with E-state index in [4.69, 9.17) is 10.5 Å². The maximum Gasteiger partial charge on any atom is 0.129 e. The van der Waals surface area contributed by atoms with Crippen LogP contribution in [0.4, 0.5) is 5.82 Å². The number of rotatable bonds is 2. The summed E-state index contributed by atoms with van der Waals surface area (Å²) in [5, 5.41) is 10.8. The lowest BCUT2D eigenvalue weighted by atomic mass is 9.81. The monoisotopic (exact) mass is 236 g/mol. The van der Waals surface area contributed by atoms with Gasteiger partial charge in [0, 0.05) is 24.6 Å². The number of aromatic nitrogens is 1. The second kappa shape index (κ2) is 4.63. The lowest BCUT2D eigenvalue weighted by molar-refractivity contribution is -0.108. The Bertz CT molecular complexity index is 388. The maximum absolute atomic E-state index is 10.8. The Labute approximate surface area is 102 Å². The number of nitrogens with zero attached hydrogens (tertiary/aromatic N) is 1. The van der Waals surface area contributed by atoms with Crippen LogP contribution in [-0.2, 0) is 10.3 Å². The number of ether oxygens (including phenoxy) is 1. The zero-order valence-electron chi connectivity index (χ0n) is 10.4. The highest BCUT2D eigenvalue weighted by Gasteiger charge is 2.38. The Kier molecular flexibility index (Phi) is 3.35. The Balaban J connectivity index is 2.37.